The lowest BCUT2D eigenvalue weighted by Crippen LogP contribution is -2.31. The first-order valence-corrected chi connectivity index (χ1v) is 10.2. The molecule has 0 amide bonds. The average molecular weight is 425 g/mol. The van der Waals surface area contributed by atoms with Gasteiger partial charge in [0.1, 0.15) is 23.9 Å². The lowest BCUT2D eigenvalue weighted by atomic mass is 10.0. The Morgan fingerprint density at radius 2 is 1.53 bits per heavy atom. The summed E-state index contributed by atoms with van der Waals surface area (Å²) in [5.41, 5.74) is 4.75. The molecule has 0 aliphatic heterocycles. The molecule has 0 spiro atoms. The SMILES string of the molecule is COc1ccc(-c2ccc(-c3cc(NC(Cc4ccccc4)C(=O)O)ncn3)cc2)cc1. The number of nitrogens with zero attached hydrogens (tertiary/aromatic N) is 2. The fourth-order valence-corrected chi connectivity index (χ4v) is 3.44. The zero-order valence-electron chi connectivity index (χ0n) is 17.6. The number of benzene rings is 3. The summed E-state index contributed by atoms with van der Waals surface area (Å²) in [6.45, 7) is 0. The molecule has 1 unspecified atom stereocenters. The van der Waals surface area contributed by atoms with Crippen LogP contribution in [0.3, 0.4) is 0 Å². The standard InChI is InChI=1S/C26H23N3O3/c1-32-22-13-11-20(12-14-22)19-7-9-21(10-8-19)23-16-25(28-17-27-23)29-24(26(30)31)15-18-5-3-2-4-6-18/h2-14,16-17,24H,15H2,1H3,(H,30,31)(H,27,28,29). The van der Waals surface area contributed by atoms with Crippen molar-refractivity contribution < 1.29 is 14.6 Å². The maximum Gasteiger partial charge on any atom is 0.326 e. The van der Waals surface area contributed by atoms with Crippen molar-refractivity contribution in [1.29, 1.82) is 0 Å². The number of methoxy groups -OCH3 is 1. The molecule has 4 aromatic rings. The molecule has 3 aromatic carbocycles. The number of carbonyl (C=O) groups is 1. The number of carboxylic acid groups (broad SMARTS) is 1. The number of nitrogens with one attached hydrogen (secondary N) is 1. The topological polar surface area (TPSA) is 84.3 Å². The van der Waals surface area contributed by atoms with Crippen LogP contribution < -0.4 is 10.1 Å². The highest BCUT2D eigenvalue weighted by molar-refractivity contribution is 5.78. The molecule has 0 fully saturated rings. The van der Waals surface area contributed by atoms with Crippen LogP contribution >= 0.6 is 0 Å². The van der Waals surface area contributed by atoms with E-state index < -0.39 is 12.0 Å². The van der Waals surface area contributed by atoms with E-state index in [2.05, 4.69) is 15.3 Å². The van der Waals surface area contributed by atoms with E-state index in [9.17, 15) is 9.90 Å². The molecule has 160 valence electrons. The van der Waals surface area contributed by atoms with Gasteiger partial charge in [0.05, 0.1) is 12.8 Å². The predicted octanol–water partition coefficient (Wildman–Crippen LogP) is 4.93. The molecule has 0 bridgehead atoms. The van der Waals surface area contributed by atoms with Crippen LogP contribution in [0.2, 0.25) is 0 Å². The quantitative estimate of drug-likeness (QED) is 0.417. The molecular weight excluding hydrogens is 402 g/mol. The van der Waals surface area contributed by atoms with E-state index >= 15 is 0 Å². The van der Waals surface area contributed by atoms with Crippen molar-refractivity contribution in [2.24, 2.45) is 0 Å². The molecule has 4 rings (SSSR count). The van der Waals surface area contributed by atoms with Gasteiger partial charge in [0.15, 0.2) is 0 Å². The molecule has 6 nitrogen and oxygen atoms in total. The lowest BCUT2D eigenvalue weighted by Gasteiger charge is -2.15. The Kier molecular flexibility index (Phi) is 6.41. The number of carboxylic acids is 1. The number of aromatic nitrogens is 2. The molecular formula is C26H23N3O3. The molecule has 0 aliphatic carbocycles. The van der Waals surface area contributed by atoms with Crippen LogP contribution in [0.25, 0.3) is 22.4 Å². The summed E-state index contributed by atoms with van der Waals surface area (Å²) in [7, 11) is 1.65. The van der Waals surface area contributed by atoms with E-state index in [0.717, 1.165) is 28.0 Å². The number of anilines is 1. The van der Waals surface area contributed by atoms with Crippen molar-refractivity contribution >= 4 is 11.8 Å². The van der Waals surface area contributed by atoms with Gasteiger partial charge in [-0.05, 0) is 28.8 Å². The average Bonchev–Trinajstić information content (AvgIpc) is 2.84. The summed E-state index contributed by atoms with van der Waals surface area (Å²) in [6, 6.07) is 26.4. The van der Waals surface area contributed by atoms with Gasteiger partial charge in [0.25, 0.3) is 0 Å². The van der Waals surface area contributed by atoms with Crippen LogP contribution in [0.5, 0.6) is 5.75 Å². The second-order valence-corrected chi connectivity index (χ2v) is 7.32. The molecule has 1 aromatic heterocycles. The maximum absolute atomic E-state index is 11.8. The van der Waals surface area contributed by atoms with E-state index in [4.69, 9.17) is 4.74 Å². The van der Waals surface area contributed by atoms with Gasteiger partial charge in [-0.2, -0.15) is 0 Å². The Morgan fingerprint density at radius 1 is 0.906 bits per heavy atom. The first-order chi connectivity index (χ1) is 15.6. The third kappa shape index (κ3) is 5.10. The Balaban J connectivity index is 1.51. The normalized spacial score (nSPS) is 11.5. The highest BCUT2D eigenvalue weighted by Crippen LogP contribution is 2.26. The fourth-order valence-electron chi connectivity index (χ4n) is 3.44. The first kappa shape index (κ1) is 21.1. The van der Waals surface area contributed by atoms with Crippen molar-refractivity contribution in [3.8, 4) is 28.1 Å². The minimum atomic E-state index is -0.933. The summed E-state index contributed by atoms with van der Waals surface area (Å²) in [6.07, 6.45) is 1.79. The molecule has 0 aliphatic rings. The summed E-state index contributed by atoms with van der Waals surface area (Å²) in [4.78, 5) is 20.3. The Morgan fingerprint density at radius 3 is 2.16 bits per heavy atom. The summed E-state index contributed by atoms with van der Waals surface area (Å²) in [5, 5.41) is 12.7. The van der Waals surface area contributed by atoms with E-state index in [1.54, 1.807) is 13.2 Å². The number of ether oxygens (including phenoxy) is 1. The number of hydrogen-bond acceptors (Lipinski definition) is 5. The molecule has 0 radical (unpaired) electrons. The highest BCUT2D eigenvalue weighted by atomic mass is 16.5. The van der Waals surface area contributed by atoms with E-state index in [1.165, 1.54) is 6.33 Å². The van der Waals surface area contributed by atoms with Crippen molar-refractivity contribution in [1.82, 2.24) is 9.97 Å². The zero-order chi connectivity index (χ0) is 22.3. The van der Waals surface area contributed by atoms with Gasteiger partial charge in [-0.1, -0.05) is 66.7 Å². The van der Waals surface area contributed by atoms with Crippen LogP contribution in [0.15, 0.2) is 91.3 Å². The maximum atomic E-state index is 11.8. The highest BCUT2D eigenvalue weighted by Gasteiger charge is 2.18. The summed E-state index contributed by atoms with van der Waals surface area (Å²) in [5.74, 6) is 0.355. The van der Waals surface area contributed by atoms with Crippen molar-refractivity contribution in [3.05, 3.63) is 96.8 Å². The second-order valence-electron chi connectivity index (χ2n) is 7.32. The fraction of sp³-hybridized carbons (Fsp3) is 0.115. The van der Waals surface area contributed by atoms with Crippen LogP contribution in [-0.4, -0.2) is 34.2 Å². The monoisotopic (exact) mass is 425 g/mol. The second kappa shape index (κ2) is 9.75. The lowest BCUT2D eigenvalue weighted by molar-refractivity contribution is -0.137. The van der Waals surface area contributed by atoms with Gasteiger partial charge in [-0.15, -0.1) is 0 Å². The molecule has 0 saturated heterocycles. The molecule has 2 N–H and O–H groups in total. The summed E-state index contributed by atoms with van der Waals surface area (Å²) >= 11 is 0. The third-order valence-corrected chi connectivity index (χ3v) is 5.17. The number of aliphatic carboxylic acids is 1. The number of rotatable bonds is 8. The molecule has 0 saturated carbocycles. The van der Waals surface area contributed by atoms with Gasteiger partial charge in [0.2, 0.25) is 0 Å². The van der Waals surface area contributed by atoms with Gasteiger partial charge in [-0.25, -0.2) is 14.8 Å². The molecule has 6 heteroatoms. The van der Waals surface area contributed by atoms with Crippen LogP contribution in [0.1, 0.15) is 5.56 Å². The van der Waals surface area contributed by atoms with Crippen LogP contribution in [0, 0.1) is 0 Å². The van der Waals surface area contributed by atoms with Crippen LogP contribution in [0.4, 0.5) is 5.82 Å². The van der Waals surface area contributed by atoms with Crippen molar-refractivity contribution in [2.75, 3.05) is 12.4 Å². The Hall–Kier alpha value is -4.19. The summed E-state index contributed by atoms with van der Waals surface area (Å²) < 4.78 is 5.21. The largest absolute Gasteiger partial charge is 0.497 e. The van der Waals surface area contributed by atoms with Crippen LogP contribution in [-0.2, 0) is 11.2 Å². The van der Waals surface area contributed by atoms with Gasteiger partial charge in [0, 0.05) is 18.1 Å². The third-order valence-electron chi connectivity index (χ3n) is 5.17. The predicted molar refractivity (Wildman–Crippen MR) is 125 cm³/mol. The number of hydrogen-bond donors (Lipinski definition) is 2. The van der Waals surface area contributed by atoms with E-state index in [-0.39, 0.29) is 0 Å². The first-order valence-electron chi connectivity index (χ1n) is 10.2. The van der Waals surface area contributed by atoms with Gasteiger partial charge >= 0.3 is 5.97 Å². The van der Waals surface area contributed by atoms with E-state index in [1.807, 2.05) is 78.9 Å². The van der Waals surface area contributed by atoms with Gasteiger partial charge in [-0.3, -0.25) is 0 Å². The minimum Gasteiger partial charge on any atom is -0.497 e. The minimum absolute atomic E-state index is 0.353. The van der Waals surface area contributed by atoms with E-state index in [0.29, 0.717) is 17.9 Å². The molecule has 1 atom stereocenters. The Bertz CT molecular complexity index is 1180. The molecule has 1 heterocycles. The Labute approximate surface area is 186 Å². The zero-order valence-corrected chi connectivity index (χ0v) is 17.6. The van der Waals surface area contributed by atoms with Crippen molar-refractivity contribution in [3.63, 3.8) is 0 Å². The van der Waals surface area contributed by atoms with Crippen molar-refractivity contribution in [2.45, 2.75) is 12.5 Å². The smallest absolute Gasteiger partial charge is 0.326 e. The molecule has 32 heavy (non-hydrogen) atoms. The van der Waals surface area contributed by atoms with Gasteiger partial charge < -0.3 is 15.2 Å².